The van der Waals surface area contributed by atoms with Crippen LogP contribution in [0.2, 0.25) is 0 Å². The fourth-order valence-corrected chi connectivity index (χ4v) is 5.94. The van der Waals surface area contributed by atoms with E-state index in [1.807, 2.05) is 32.0 Å². The van der Waals surface area contributed by atoms with Gasteiger partial charge in [0.25, 0.3) is 5.91 Å². The van der Waals surface area contributed by atoms with Crippen molar-refractivity contribution in [2.24, 2.45) is 5.92 Å². The number of hydrogen-bond acceptors (Lipinski definition) is 5. The molecule has 7 nitrogen and oxygen atoms in total. The summed E-state index contributed by atoms with van der Waals surface area (Å²) in [5.74, 6) is -0.594. The average molecular weight is 500 g/mol. The van der Waals surface area contributed by atoms with Crippen molar-refractivity contribution >= 4 is 33.0 Å². The Hall–Kier alpha value is -2.87. The Kier molecular flexibility index (Phi) is 8.94. The van der Waals surface area contributed by atoms with E-state index >= 15 is 0 Å². The van der Waals surface area contributed by atoms with Crippen LogP contribution >= 0.6 is 0 Å². The molecule has 0 aliphatic carbocycles. The van der Waals surface area contributed by atoms with Gasteiger partial charge in [0.05, 0.1) is 22.9 Å². The van der Waals surface area contributed by atoms with E-state index in [9.17, 15) is 18.0 Å². The fraction of sp³-hybridized carbons (Fsp3) is 0.481. The highest BCUT2D eigenvalue weighted by Gasteiger charge is 2.31. The molecule has 0 saturated heterocycles. The lowest BCUT2D eigenvalue weighted by atomic mass is 9.99. The largest absolute Gasteiger partial charge is 0.371 e. The second-order valence-corrected chi connectivity index (χ2v) is 11.7. The predicted octanol–water partition coefficient (Wildman–Crippen LogP) is 4.60. The summed E-state index contributed by atoms with van der Waals surface area (Å²) >= 11 is 0. The van der Waals surface area contributed by atoms with Gasteiger partial charge in [-0.25, -0.2) is 8.42 Å². The first-order chi connectivity index (χ1) is 16.6. The van der Waals surface area contributed by atoms with Gasteiger partial charge in [-0.15, -0.1) is 0 Å². The van der Waals surface area contributed by atoms with Crippen LogP contribution in [-0.4, -0.2) is 38.6 Å². The van der Waals surface area contributed by atoms with Crippen molar-refractivity contribution in [1.82, 2.24) is 5.32 Å². The van der Waals surface area contributed by atoms with E-state index in [-0.39, 0.29) is 17.4 Å². The normalized spacial score (nSPS) is 16.1. The molecule has 1 aliphatic rings. The van der Waals surface area contributed by atoms with Gasteiger partial charge in [0.2, 0.25) is 5.91 Å². The summed E-state index contributed by atoms with van der Waals surface area (Å²) in [6.07, 6.45) is 4.38. The molecule has 2 amide bonds. The molecule has 3 N–H and O–H groups in total. The third-order valence-corrected chi connectivity index (χ3v) is 8.17. The molecule has 1 aliphatic heterocycles. The molecule has 0 fully saturated rings. The van der Waals surface area contributed by atoms with Crippen LogP contribution in [0.4, 0.5) is 11.4 Å². The number of carbonyl (C=O) groups excluding carboxylic acids is 2. The molecule has 2 aromatic rings. The molecule has 1 heterocycles. The Morgan fingerprint density at radius 2 is 1.86 bits per heavy atom. The first-order valence-corrected chi connectivity index (χ1v) is 14.2. The standard InChI is InChI=1S/C27H37N3O4S/c1-5-7-8-20(6-2)15-28-26(31)21-11-12-23-24(14-21)30-27(32)25(29-23)17-35(33,34)16-22-13-18(3)9-10-19(22)4/h9-14,20,25,29H,5-8,15-17H2,1-4H3,(H,28,31)(H,30,32)/t20-,25-/m0/s1. The molecule has 2 atom stereocenters. The summed E-state index contributed by atoms with van der Waals surface area (Å²) in [4.78, 5) is 25.4. The zero-order valence-corrected chi connectivity index (χ0v) is 21.9. The van der Waals surface area contributed by atoms with Crippen LogP contribution in [0.25, 0.3) is 0 Å². The van der Waals surface area contributed by atoms with Crippen molar-refractivity contribution in [3.63, 3.8) is 0 Å². The molecular weight excluding hydrogens is 462 g/mol. The summed E-state index contributed by atoms with van der Waals surface area (Å²) in [7, 11) is -3.54. The van der Waals surface area contributed by atoms with Gasteiger partial charge in [0, 0.05) is 12.1 Å². The van der Waals surface area contributed by atoms with Crippen molar-refractivity contribution in [2.45, 2.75) is 65.2 Å². The van der Waals surface area contributed by atoms with Gasteiger partial charge >= 0.3 is 0 Å². The number of anilines is 2. The predicted molar refractivity (Wildman–Crippen MR) is 142 cm³/mol. The van der Waals surface area contributed by atoms with Gasteiger partial charge in [-0.1, -0.05) is 56.9 Å². The summed E-state index contributed by atoms with van der Waals surface area (Å²) in [6.45, 7) is 8.72. The lowest BCUT2D eigenvalue weighted by Crippen LogP contribution is -2.43. The molecule has 2 aromatic carbocycles. The SMILES string of the molecule is CCCC[C@H](CC)CNC(=O)c1ccc2c(c1)NC(=O)[C@H](CS(=O)(=O)Cc1cc(C)ccc1C)N2. The van der Waals surface area contributed by atoms with Crippen LogP contribution in [0.1, 0.15) is 66.6 Å². The number of sulfone groups is 1. The van der Waals surface area contributed by atoms with Crippen molar-refractivity contribution in [2.75, 3.05) is 22.9 Å². The molecule has 8 heteroatoms. The third kappa shape index (κ3) is 7.31. The fourth-order valence-electron chi connectivity index (χ4n) is 4.29. The maximum atomic E-state index is 12.9. The smallest absolute Gasteiger partial charge is 0.251 e. The Bertz CT molecular complexity index is 1180. The van der Waals surface area contributed by atoms with E-state index in [1.54, 1.807) is 18.2 Å². The van der Waals surface area contributed by atoms with Crippen molar-refractivity contribution < 1.29 is 18.0 Å². The topological polar surface area (TPSA) is 104 Å². The maximum Gasteiger partial charge on any atom is 0.251 e. The van der Waals surface area contributed by atoms with Gasteiger partial charge in [-0.2, -0.15) is 0 Å². The number of carbonyl (C=O) groups is 2. The lowest BCUT2D eigenvalue weighted by molar-refractivity contribution is -0.116. The second-order valence-electron chi connectivity index (χ2n) is 9.56. The Morgan fingerprint density at radius 1 is 1.09 bits per heavy atom. The van der Waals surface area contributed by atoms with Crippen molar-refractivity contribution in [3.8, 4) is 0 Å². The van der Waals surface area contributed by atoms with E-state index in [1.165, 1.54) is 0 Å². The van der Waals surface area contributed by atoms with Gasteiger partial charge in [0.15, 0.2) is 9.84 Å². The number of amides is 2. The number of aryl methyl sites for hydroxylation is 2. The molecule has 190 valence electrons. The lowest BCUT2D eigenvalue weighted by Gasteiger charge is -2.27. The van der Waals surface area contributed by atoms with Crippen LogP contribution < -0.4 is 16.0 Å². The monoisotopic (exact) mass is 499 g/mol. The Balaban J connectivity index is 1.64. The highest BCUT2D eigenvalue weighted by molar-refractivity contribution is 7.90. The van der Waals surface area contributed by atoms with E-state index in [0.717, 1.165) is 42.4 Å². The van der Waals surface area contributed by atoms with Crippen LogP contribution in [0.15, 0.2) is 36.4 Å². The molecule has 0 unspecified atom stereocenters. The highest BCUT2D eigenvalue weighted by Crippen LogP contribution is 2.29. The molecule has 0 radical (unpaired) electrons. The second kappa shape index (κ2) is 11.7. The number of rotatable bonds is 11. The number of unbranched alkanes of at least 4 members (excludes halogenated alkanes) is 1. The number of fused-ring (bicyclic) bond motifs is 1. The number of nitrogens with one attached hydrogen (secondary N) is 3. The summed E-state index contributed by atoms with van der Waals surface area (Å²) < 4.78 is 25.8. The van der Waals surface area contributed by atoms with E-state index in [2.05, 4.69) is 29.8 Å². The Morgan fingerprint density at radius 3 is 2.57 bits per heavy atom. The minimum absolute atomic E-state index is 0.116. The van der Waals surface area contributed by atoms with Crippen LogP contribution in [0.5, 0.6) is 0 Å². The molecule has 0 aromatic heterocycles. The molecule has 0 spiro atoms. The molecule has 0 bridgehead atoms. The maximum absolute atomic E-state index is 12.9. The molecule has 35 heavy (non-hydrogen) atoms. The average Bonchev–Trinajstić information content (AvgIpc) is 2.81. The zero-order valence-electron chi connectivity index (χ0n) is 21.1. The first kappa shape index (κ1) is 26.7. The number of benzene rings is 2. The van der Waals surface area contributed by atoms with E-state index in [0.29, 0.717) is 29.4 Å². The van der Waals surface area contributed by atoms with Crippen molar-refractivity contribution in [1.29, 1.82) is 0 Å². The molecular formula is C27H37N3O4S. The Labute approximate surface area is 209 Å². The van der Waals surface area contributed by atoms with Gasteiger partial charge < -0.3 is 16.0 Å². The molecule has 3 rings (SSSR count). The first-order valence-electron chi connectivity index (χ1n) is 12.4. The van der Waals surface area contributed by atoms with Crippen molar-refractivity contribution in [3.05, 3.63) is 58.7 Å². The zero-order chi connectivity index (χ0) is 25.6. The van der Waals surface area contributed by atoms with Crippen LogP contribution in [0, 0.1) is 19.8 Å². The summed E-state index contributed by atoms with van der Waals surface area (Å²) in [5, 5.41) is 8.81. The van der Waals surface area contributed by atoms with E-state index in [4.69, 9.17) is 0 Å². The highest BCUT2D eigenvalue weighted by atomic mass is 32.2. The third-order valence-electron chi connectivity index (χ3n) is 6.58. The molecule has 0 saturated carbocycles. The van der Waals surface area contributed by atoms with E-state index < -0.39 is 21.8 Å². The van der Waals surface area contributed by atoms with Crippen LogP contribution in [0.3, 0.4) is 0 Å². The van der Waals surface area contributed by atoms with Crippen LogP contribution in [-0.2, 0) is 20.4 Å². The minimum atomic E-state index is -3.54. The van der Waals surface area contributed by atoms with Gasteiger partial charge in [-0.05, 0) is 55.5 Å². The van der Waals surface area contributed by atoms with Gasteiger partial charge in [-0.3, -0.25) is 9.59 Å². The quantitative estimate of drug-likeness (QED) is 0.419. The summed E-state index contributed by atoms with van der Waals surface area (Å²) in [5.41, 5.74) is 4.18. The number of hydrogen-bond donors (Lipinski definition) is 3. The summed E-state index contributed by atoms with van der Waals surface area (Å²) in [6, 6.07) is 9.85. The minimum Gasteiger partial charge on any atom is -0.371 e. The van der Waals surface area contributed by atoms with Gasteiger partial charge in [0.1, 0.15) is 6.04 Å².